The van der Waals surface area contributed by atoms with Gasteiger partial charge in [0.25, 0.3) is 0 Å². The first-order chi connectivity index (χ1) is 16.0. The first-order valence-electron chi connectivity index (χ1n) is 9.84. The van der Waals surface area contributed by atoms with E-state index in [2.05, 4.69) is 30.9 Å². The van der Waals surface area contributed by atoms with Gasteiger partial charge in [0.2, 0.25) is 5.95 Å². The maximum absolute atomic E-state index is 13.3. The van der Waals surface area contributed by atoms with Crippen molar-refractivity contribution in [3.63, 3.8) is 0 Å². The van der Waals surface area contributed by atoms with Crippen molar-refractivity contribution in [2.24, 2.45) is 0 Å². The van der Waals surface area contributed by atoms with Gasteiger partial charge in [-0.15, -0.1) is 0 Å². The largest absolute Gasteiger partial charge is 0.416 e. The van der Waals surface area contributed by atoms with Crippen molar-refractivity contribution in [3.8, 4) is 0 Å². The van der Waals surface area contributed by atoms with Crippen LogP contribution in [0, 0.1) is 0 Å². The average molecular weight is 541 g/mol. The second-order valence-electron chi connectivity index (χ2n) is 7.46. The Kier molecular flexibility index (Phi) is 6.48. The molecule has 34 heavy (non-hydrogen) atoms. The van der Waals surface area contributed by atoms with Crippen LogP contribution >= 0.6 is 15.9 Å². The first-order valence-corrected chi connectivity index (χ1v) is 10.6. The molecule has 0 aliphatic rings. The number of hydrogen-bond donors (Lipinski definition) is 0. The van der Waals surface area contributed by atoms with Gasteiger partial charge < -0.3 is 4.90 Å². The Labute approximate surface area is 198 Å². The molecule has 0 saturated carbocycles. The van der Waals surface area contributed by atoms with Gasteiger partial charge in [0.1, 0.15) is 0 Å². The third-order valence-corrected chi connectivity index (χ3v) is 5.40. The van der Waals surface area contributed by atoms with E-state index in [9.17, 15) is 26.3 Å². The van der Waals surface area contributed by atoms with Crippen molar-refractivity contribution in [1.82, 2.24) is 15.0 Å². The lowest BCUT2D eigenvalue weighted by Gasteiger charge is -2.24. The van der Waals surface area contributed by atoms with E-state index in [0.29, 0.717) is 27.7 Å². The lowest BCUT2D eigenvalue weighted by atomic mass is 10.0. The number of hydrogen-bond acceptors (Lipinski definition) is 4. The molecule has 2 heterocycles. The summed E-state index contributed by atoms with van der Waals surface area (Å²) in [5.41, 5.74) is -1.55. The molecular weight excluding hydrogens is 526 g/mol. The Morgan fingerprint density at radius 3 is 2.00 bits per heavy atom. The Morgan fingerprint density at radius 1 is 0.765 bits per heavy atom. The summed E-state index contributed by atoms with van der Waals surface area (Å²) in [5.74, 6) is 0.141. The molecule has 0 saturated heterocycles. The van der Waals surface area contributed by atoms with Crippen LogP contribution in [0.5, 0.6) is 0 Å². The van der Waals surface area contributed by atoms with E-state index in [1.807, 2.05) is 12.1 Å². The molecule has 11 heteroatoms. The zero-order valence-corrected chi connectivity index (χ0v) is 18.8. The summed E-state index contributed by atoms with van der Waals surface area (Å²) in [4.78, 5) is 14.3. The van der Waals surface area contributed by atoms with Crippen molar-refractivity contribution in [1.29, 1.82) is 0 Å². The standard InChI is InChI=1S/C23H15BrF6N4/c24-19-10-32-21(33-11-19)34(13-16-4-1-3-15-5-2-6-31-20(15)16)12-14-7-17(22(25,26)27)9-18(8-14)23(28,29)30/h1-11H,12-13H2. The van der Waals surface area contributed by atoms with Gasteiger partial charge in [0.15, 0.2) is 0 Å². The van der Waals surface area contributed by atoms with Gasteiger partial charge in [-0.25, -0.2) is 9.97 Å². The fourth-order valence-electron chi connectivity index (χ4n) is 3.50. The molecule has 2 aromatic heterocycles. The van der Waals surface area contributed by atoms with Crippen molar-refractivity contribution < 1.29 is 26.3 Å². The van der Waals surface area contributed by atoms with Crippen LogP contribution in [-0.2, 0) is 25.4 Å². The minimum absolute atomic E-state index is 0.105. The number of rotatable bonds is 5. The van der Waals surface area contributed by atoms with Crippen molar-refractivity contribution in [2.75, 3.05) is 4.90 Å². The highest BCUT2D eigenvalue weighted by molar-refractivity contribution is 9.10. The molecule has 0 N–H and O–H groups in total. The fourth-order valence-corrected chi connectivity index (χ4v) is 3.70. The Bertz CT molecular complexity index is 1270. The zero-order valence-electron chi connectivity index (χ0n) is 17.2. The summed E-state index contributed by atoms with van der Waals surface area (Å²) in [6, 6.07) is 10.6. The molecule has 0 aliphatic heterocycles. The van der Waals surface area contributed by atoms with Crippen LogP contribution < -0.4 is 4.90 Å². The minimum atomic E-state index is -4.94. The van der Waals surface area contributed by atoms with E-state index >= 15 is 0 Å². The van der Waals surface area contributed by atoms with Crippen LogP contribution in [0.1, 0.15) is 22.3 Å². The highest BCUT2D eigenvalue weighted by atomic mass is 79.9. The predicted octanol–water partition coefficient (Wildman–Crippen LogP) is 7.03. The number of anilines is 1. The molecule has 4 nitrogen and oxygen atoms in total. The molecule has 4 rings (SSSR count). The summed E-state index contributed by atoms with van der Waals surface area (Å²) in [6.07, 6.45) is -5.37. The lowest BCUT2D eigenvalue weighted by molar-refractivity contribution is -0.143. The molecule has 4 aromatic rings. The van der Waals surface area contributed by atoms with Crippen LogP contribution in [0.15, 0.2) is 71.6 Å². The van der Waals surface area contributed by atoms with E-state index in [0.717, 1.165) is 5.39 Å². The molecular formula is C23H15BrF6N4. The molecule has 0 amide bonds. The van der Waals surface area contributed by atoms with Gasteiger partial charge in [-0.05, 0) is 51.3 Å². The quantitative estimate of drug-likeness (QED) is 0.255. The molecule has 0 aliphatic carbocycles. The number of halogens is 7. The van der Waals surface area contributed by atoms with Crippen LogP contribution in [0.4, 0.5) is 32.3 Å². The summed E-state index contributed by atoms with van der Waals surface area (Å²) >= 11 is 3.22. The number of fused-ring (bicyclic) bond motifs is 1. The van der Waals surface area contributed by atoms with E-state index in [4.69, 9.17) is 0 Å². The maximum Gasteiger partial charge on any atom is 0.416 e. The molecule has 0 fully saturated rings. The van der Waals surface area contributed by atoms with Gasteiger partial charge in [0, 0.05) is 37.1 Å². The zero-order chi connectivity index (χ0) is 24.5. The molecule has 0 spiro atoms. The maximum atomic E-state index is 13.3. The summed E-state index contributed by atoms with van der Waals surface area (Å²) in [5, 5.41) is 0.843. The van der Waals surface area contributed by atoms with Gasteiger partial charge in [-0.2, -0.15) is 26.3 Å². The number of alkyl halides is 6. The van der Waals surface area contributed by atoms with E-state index < -0.39 is 23.5 Å². The second-order valence-corrected chi connectivity index (χ2v) is 8.38. The fraction of sp³-hybridized carbons (Fsp3) is 0.174. The molecule has 2 aromatic carbocycles. The van der Waals surface area contributed by atoms with Gasteiger partial charge in [-0.3, -0.25) is 4.98 Å². The first kappa shape index (κ1) is 23.9. The van der Waals surface area contributed by atoms with Crippen LogP contribution in [0.2, 0.25) is 0 Å². The van der Waals surface area contributed by atoms with E-state index in [-0.39, 0.29) is 30.7 Å². The highest BCUT2D eigenvalue weighted by Gasteiger charge is 2.37. The lowest BCUT2D eigenvalue weighted by Crippen LogP contribution is -2.25. The molecule has 0 unspecified atom stereocenters. The van der Waals surface area contributed by atoms with Gasteiger partial charge >= 0.3 is 12.4 Å². The van der Waals surface area contributed by atoms with Crippen LogP contribution in [0.25, 0.3) is 10.9 Å². The van der Waals surface area contributed by atoms with Gasteiger partial charge in [0.05, 0.1) is 21.1 Å². The number of para-hydroxylation sites is 1. The van der Waals surface area contributed by atoms with Crippen molar-refractivity contribution in [2.45, 2.75) is 25.4 Å². The van der Waals surface area contributed by atoms with Crippen molar-refractivity contribution in [3.05, 3.63) is 93.8 Å². The number of aromatic nitrogens is 3. The van der Waals surface area contributed by atoms with Crippen molar-refractivity contribution >= 4 is 32.8 Å². The summed E-state index contributed by atoms with van der Waals surface area (Å²) < 4.78 is 80.6. The molecule has 176 valence electrons. The highest BCUT2D eigenvalue weighted by Crippen LogP contribution is 2.37. The number of benzene rings is 2. The number of pyridine rings is 1. The molecule has 0 radical (unpaired) electrons. The average Bonchev–Trinajstić information content (AvgIpc) is 2.78. The predicted molar refractivity (Wildman–Crippen MR) is 118 cm³/mol. The topological polar surface area (TPSA) is 41.9 Å². The summed E-state index contributed by atoms with van der Waals surface area (Å²) in [6.45, 7) is -0.189. The minimum Gasteiger partial charge on any atom is -0.332 e. The second kappa shape index (κ2) is 9.21. The SMILES string of the molecule is FC(F)(F)c1cc(CN(Cc2cccc3cccnc23)c2ncc(Br)cn2)cc(C(F)(F)F)c1. The Morgan fingerprint density at radius 2 is 1.38 bits per heavy atom. The third kappa shape index (κ3) is 5.46. The monoisotopic (exact) mass is 540 g/mol. The summed E-state index contributed by atoms with van der Waals surface area (Å²) in [7, 11) is 0. The van der Waals surface area contributed by atoms with E-state index in [1.165, 1.54) is 17.3 Å². The molecule has 0 bridgehead atoms. The normalized spacial score (nSPS) is 12.2. The Balaban J connectivity index is 1.78. The van der Waals surface area contributed by atoms with E-state index in [1.54, 1.807) is 24.4 Å². The van der Waals surface area contributed by atoms with Crippen LogP contribution in [-0.4, -0.2) is 15.0 Å². The third-order valence-electron chi connectivity index (χ3n) is 4.99. The molecule has 0 atom stereocenters. The smallest absolute Gasteiger partial charge is 0.332 e. The van der Waals surface area contributed by atoms with Gasteiger partial charge in [-0.1, -0.05) is 24.3 Å². The Hall–Kier alpha value is -3.21. The van der Waals surface area contributed by atoms with Crippen LogP contribution in [0.3, 0.4) is 0 Å². The number of nitrogens with zero attached hydrogens (tertiary/aromatic N) is 4.